The third-order valence-electron chi connectivity index (χ3n) is 5.42. The first-order valence-electron chi connectivity index (χ1n) is 10.5. The molecule has 3 N–H and O–H groups in total. The van der Waals surface area contributed by atoms with Crippen LogP contribution >= 0.6 is 0 Å². The van der Waals surface area contributed by atoms with E-state index in [9.17, 15) is 21.6 Å². The highest BCUT2D eigenvalue weighted by atomic mass is 32.2. The van der Waals surface area contributed by atoms with Crippen LogP contribution in [0.2, 0.25) is 0 Å². The smallest absolute Gasteiger partial charge is 0.265 e. The predicted octanol–water partition coefficient (Wildman–Crippen LogP) is 2.72. The molecular weight excluding hydrogens is 490 g/mol. The van der Waals surface area contributed by atoms with Gasteiger partial charge in [0.25, 0.3) is 15.9 Å². The fraction of sp³-hybridized carbons (Fsp3) is 0.125. The Morgan fingerprint density at radius 1 is 0.914 bits per heavy atom. The SMILES string of the molecule is COCCn1c(-c2ccccc2)cc2cc(C(=O)NS(=O)(=O)c3ccccc3S(N)(=O)=O)ccc21. The molecule has 9 nitrogen and oxygen atoms in total. The van der Waals surface area contributed by atoms with Crippen LogP contribution in [0.3, 0.4) is 0 Å². The monoisotopic (exact) mass is 513 g/mol. The first-order chi connectivity index (χ1) is 16.6. The van der Waals surface area contributed by atoms with Crippen molar-refractivity contribution < 1.29 is 26.4 Å². The number of carbonyl (C=O) groups is 1. The minimum absolute atomic E-state index is 0.0951. The Morgan fingerprint density at radius 3 is 2.23 bits per heavy atom. The topological polar surface area (TPSA) is 138 Å². The number of aromatic nitrogens is 1. The van der Waals surface area contributed by atoms with Crippen molar-refractivity contribution in [3.05, 3.63) is 84.4 Å². The molecule has 0 spiro atoms. The molecule has 1 heterocycles. The van der Waals surface area contributed by atoms with Gasteiger partial charge in [0, 0.05) is 35.8 Å². The van der Waals surface area contributed by atoms with Gasteiger partial charge in [-0.1, -0.05) is 42.5 Å². The summed E-state index contributed by atoms with van der Waals surface area (Å²) in [5.74, 6) is -0.901. The molecular formula is C24H23N3O6S2. The quantitative estimate of drug-likeness (QED) is 0.372. The van der Waals surface area contributed by atoms with Crippen LogP contribution in [0.25, 0.3) is 22.2 Å². The van der Waals surface area contributed by atoms with E-state index in [0.717, 1.165) is 34.3 Å². The number of amides is 1. The van der Waals surface area contributed by atoms with Crippen LogP contribution in [0.4, 0.5) is 0 Å². The van der Waals surface area contributed by atoms with Crippen molar-refractivity contribution >= 4 is 36.9 Å². The summed E-state index contributed by atoms with van der Waals surface area (Å²) in [6.07, 6.45) is 0. The molecule has 3 aromatic carbocycles. The van der Waals surface area contributed by atoms with Crippen molar-refractivity contribution in [3.63, 3.8) is 0 Å². The number of benzene rings is 3. The van der Waals surface area contributed by atoms with E-state index in [2.05, 4.69) is 4.57 Å². The zero-order valence-electron chi connectivity index (χ0n) is 18.7. The lowest BCUT2D eigenvalue weighted by molar-refractivity contribution is 0.0981. The Bertz CT molecular complexity index is 1610. The summed E-state index contributed by atoms with van der Waals surface area (Å²) in [6, 6.07) is 21.3. The second-order valence-corrected chi connectivity index (χ2v) is 10.9. The number of methoxy groups -OCH3 is 1. The van der Waals surface area contributed by atoms with Crippen molar-refractivity contribution in [2.45, 2.75) is 16.3 Å². The largest absolute Gasteiger partial charge is 0.383 e. The van der Waals surface area contributed by atoms with Crippen molar-refractivity contribution in [2.24, 2.45) is 5.14 Å². The Balaban J connectivity index is 1.71. The number of rotatable bonds is 8. The minimum Gasteiger partial charge on any atom is -0.383 e. The molecule has 0 radical (unpaired) electrons. The zero-order chi connectivity index (χ0) is 25.2. The van der Waals surface area contributed by atoms with Crippen molar-refractivity contribution in [1.29, 1.82) is 0 Å². The molecule has 0 atom stereocenters. The number of primary sulfonamides is 1. The van der Waals surface area contributed by atoms with E-state index >= 15 is 0 Å². The Hall–Kier alpha value is -3.51. The van der Waals surface area contributed by atoms with Gasteiger partial charge in [-0.2, -0.15) is 0 Å². The van der Waals surface area contributed by atoms with Crippen LogP contribution in [-0.4, -0.2) is 41.0 Å². The van der Waals surface area contributed by atoms with E-state index in [1.165, 1.54) is 18.2 Å². The maximum atomic E-state index is 12.9. The number of carbonyl (C=O) groups excluding carboxylic acids is 1. The number of hydrogen-bond donors (Lipinski definition) is 2. The van der Waals surface area contributed by atoms with Crippen LogP contribution in [0.15, 0.2) is 88.7 Å². The molecule has 0 aliphatic heterocycles. The van der Waals surface area contributed by atoms with E-state index in [-0.39, 0.29) is 5.56 Å². The zero-order valence-corrected chi connectivity index (χ0v) is 20.3. The Morgan fingerprint density at radius 2 is 1.57 bits per heavy atom. The maximum absolute atomic E-state index is 12.9. The van der Waals surface area contributed by atoms with Gasteiger partial charge in [0.05, 0.1) is 6.61 Å². The normalized spacial score (nSPS) is 12.1. The number of fused-ring (bicyclic) bond motifs is 1. The van der Waals surface area contributed by atoms with Crippen molar-refractivity contribution in [1.82, 2.24) is 9.29 Å². The summed E-state index contributed by atoms with van der Waals surface area (Å²) in [4.78, 5) is 11.7. The minimum atomic E-state index is -4.51. The van der Waals surface area contributed by atoms with E-state index in [1.54, 1.807) is 19.2 Å². The molecule has 1 aromatic heterocycles. The number of sulfonamides is 2. The maximum Gasteiger partial charge on any atom is 0.265 e. The summed E-state index contributed by atoms with van der Waals surface area (Å²) in [5.41, 5.74) is 2.84. The molecule has 4 rings (SSSR count). The summed E-state index contributed by atoms with van der Waals surface area (Å²) < 4.78 is 58.6. The Labute approximate surface area is 203 Å². The average molecular weight is 514 g/mol. The molecule has 1 amide bonds. The van der Waals surface area contributed by atoms with Crippen LogP contribution in [0.5, 0.6) is 0 Å². The molecule has 0 unspecified atom stereocenters. The number of ether oxygens (including phenoxy) is 1. The Kier molecular flexibility index (Phi) is 6.77. The lowest BCUT2D eigenvalue weighted by atomic mass is 10.1. The van der Waals surface area contributed by atoms with Gasteiger partial charge in [-0.25, -0.2) is 26.7 Å². The van der Waals surface area contributed by atoms with Gasteiger partial charge in [0.1, 0.15) is 9.79 Å². The van der Waals surface area contributed by atoms with Crippen LogP contribution in [0, 0.1) is 0 Å². The lowest BCUT2D eigenvalue weighted by Crippen LogP contribution is -2.32. The second-order valence-electron chi connectivity index (χ2n) is 7.74. The summed E-state index contributed by atoms with van der Waals surface area (Å²) >= 11 is 0. The fourth-order valence-electron chi connectivity index (χ4n) is 3.83. The molecule has 0 aliphatic rings. The molecule has 0 saturated carbocycles. The summed E-state index contributed by atoms with van der Waals surface area (Å²) in [5, 5.41) is 5.87. The molecule has 11 heteroatoms. The predicted molar refractivity (Wildman–Crippen MR) is 132 cm³/mol. The van der Waals surface area contributed by atoms with Gasteiger partial charge in [0.2, 0.25) is 10.0 Å². The number of nitrogens with two attached hydrogens (primary N) is 1. The first kappa shape index (κ1) is 24.6. The highest BCUT2D eigenvalue weighted by Gasteiger charge is 2.26. The van der Waals surface area contributed by atoms with E-state index < -0.39 is 35.7 Å². The third kappa shape index (κ3) is 5.13. The molecule has 35 heavy (non-hydrogen) atoms. The van der Waals surface area contributed by atoms with Crippen molar-refractivity contribution in [3.8, 4) is 11.3 Å². The lowest BCUT2D eigenvalue weighted by Gasteiger charge is -2.11. The van der Waals surface area contributed by atoms with E-state index in [4.69, 9.17) is 9.88 Å². The summed E-state index contributed by atoms with van der Waals surface area (Å²) in [7, 11) is -7.22. The van der Waals surface area contributed by atoms with Gasteiger partial charge < -0.3 is 9.30 Å². The van der Waals surface area contributed by atoms with Crippen molar-refractivity contribution in [2.75, 3.05) is 13.7 Å². The fourth-order valence-corrected chi connectivity index (χ4v) is 6.18. The van der Waals surface area contributed by atoms with E-state index in [1.807, 2.05) is 41.1 Å². The van der Waals surface area contributed by atoms with Crippen LogP contribution in [-0.2, 0) is 31.3 Å². The summed E-state index contributed by atoms with van der Waals surface area (Å²) in [6.45, 7) is 1.06. The number of hydrogen-bond acceptors (Lipinski definition) is 6. The number of nitrogens with zero attached hydrogens (tertiary/aromatic N) is 1. The van der Waals surface area contributed by atoms with E-state index in [0.29, 0.717) is 13.2 Å². The molecule has 4 aromatic rings. The van der Waals surface area contributed by atoms with Gasteiger partial charge in [0.15, 0.2) is 0 Å². The standard InChI is InChI=1S/C24H23N3O6S2/c1-33-14-13-27-20-12-11-18(15-19(20)16-21(27)17-7-3-2-4-8-17)24(28)26-35(31,32)23-10-6-5-9-22(23)34(25,29)30/h2-12,15-16H,13-14H2,1H3,(H,26,28)(H2,25,29,30). The second kappa shape index (κ2) is 9.62. The molecule has 182 valence electrons. The van der Waals surface area contributed by atoms with Crippen LogP contribution < -0.4 is 9.86 Å². The third-order valence-corrected chi connectivity index (χ3v) is 7.91. The van der Waals surface area contributed by atoms with Gasteiger partial charge in [-0.05, 0) is 42.0 Å². The van der Waals surface area contributed by atoms with Crippen LogP contribution in [0.1, 0.15) is 10.4 Å². The average Bonchev–Trinajstić information content (AvgIpc) is 3.20. The van der Waals surface area contributed by atoms with Gasteiger partial charge >= 0.3 is 0 Å². The highest BCUT2D eigenvalue weighted by molar-refractivity contribution is 7.92. The molecule has 0 aliphatic carbocycles. The van der Waals surface area contributed by atoms with Gasteiger partial charge in [-0.15, -0.1) is 0 Å². The first-order valence-corrected chi connectivity index (χ1v) is 13.5. The molecule has 0 saturated heterocycles. The van der Waals surface area contributed by atoms with Gasteiger partial charge in [-0.3, -0.25) is 4.79 Å². The highest BCUT2D eigenvalue weighted by Crippen LogP contribution is 2.29. The molecule has 0 bridgehead atoms. The molecule has 0 fully saturated rings. The number of nitrogens with one attached hydrogen (secondary N) is 1.